The Hall–Kier alpha value is -1.21. The molecule has 3 rings (SSSR count). The zero-order valence-corrected chi connectivity index (χ0v) is 14.1. The predicted molar refractivity (Wildman–Crippen MR) is 89.0 cm³/mol. The summed E-state index contributed by atoms with van der Waals surface area (Å²) in [6.45, 7) is 5.58. The lowest BCUT2D eigenvalue weighted by Gasteiger charge is -2.36. The SMILES string of the molecule is CN(Cc1nccn1C)C[C@@H](c1cccs1)N1CCOCC1. The molecular formula is C16H24N4OS. The standard InChI is InChI=1S/C16H24N4OS/c1-18(13-16-17-5-6-19(16)2)12-14(15-4-3-11-22-15)20-7-9-21-10-8-20/h3-6,11,14H,7-10,12-13H2,1-2H3/t14-/m0/s1. The molecule has 5 nitrogen and oxygen atoms in total. The Bertz CT molecular complexity index is 562. The van der Waals surface area contributed by atoms with E-state index in [4.69, 9.17) is 4.74 Å². The van der Waals surface area contributed by atoms with E-state index in [-0.39, 0.29) is 0 Å². The van der Waals surface area contributed by atoms with Gasteiger partial charge in [-0.25, -0.2) is 4.98 Å². The zero-order chi connectivity index (χ0) is 15.4. The number of thiophene rings is 1. The first-order chi connectivity index (χ1) is 10.7. The molecule has 2 aromatic heterocycles. The first-order valence-electron chi connectivity index (χ1n) is 7.74. The molecule has 0 bridgehead atoms. The van der Waals surface area contributed by atoms with Gasteiger partial charge < -0.3 is 9.30 Å². The normalized spacial score (nSPS) is 18.0. The van der Waals surface area contributed by atoms with Gasteiger partial charge in [0.2, 0.25) is 0 Å². The molecule has 6 heteroatoms. The number of likely N-dealkylation sites (N-methyl/N-ethyl adjacent to an activating group) is 1. The molecule has 0 N–H and O–H groups in total. The van der Waals surface area contributed by atoms with E-state index in [0.717, 1.165) is 45.2 Å². The monoisotopic (exact) mass is 320 g/mol. The van der Waals surface area contributed by atoms with Gasteiger partial charge in [-0.2, -0.15) is 0 Å². The fraction of sp³-hybridized carbons (Fsp3) is 0.562. The van der Waals surface area contributed by atoms with Gasteiger partial charge in [-0.15, -0.1) is 11.3 Å². The van der Waals surface area contributed by atoms with Crippen LogP contribution >= 0.6 is 11.3 Å². The molecular weight excluding hydrogens is 296 g/mol. The number of morpholine rings is 1. The molecule has 1 saturated heterocycles. The number of nitrogens with zero attached hydrogens (tertiary/aromatic N) is 4. The van der Waals surface area contributed by atoms with E-state index in [0.29, 0.717) is 6.04 Å². The fourth-order valence-corrected chi connectivity index (χ4v) is 3.76. The Morgan fingerprint density at radius 2 is 2.23 bits per heavy atom. The van der Waals surface area contributed by atoms with E-state index < -0.39 is 0 Å². The lowest BCUT2D eigenvalue weighted by Crippen LogP contribution is -2.43. The van der Waals surface area contributed by atoms with Crippen LogP contribution in [0, 0.1) is 0 Å². The Morgan fingerprint density at radius 3 is 2.86 bits per heavy atom. The molecule has 1 aliphatic rings. The van der Waals surface area contributed by atoms with Crippen molar-refractivity contribution in [2.45, 2.75) is 12.6 Å². The largest absolute Gasteiger partial charge is 0.379 e. The van der Waals surface area contributed by atoms with Crippen molar-refractivity contribution in [1.29, 1.82) is 0 Å². The lowest BCUT2D eigenvalue weighted by atomic mass is 10.1. The van der Waals surface area contributed by atoms with Crippen LogP contribution in [0.5, 0.6) is 0 Å². The molecule has 0 spiro atoms. The molecule has 0 unspecified atom stereocenters. The van der Waals surface area contributed by atoms with Crippen LogP contribution in [-0.4, -0.2) is 59.2 Å². The first kappa shape index (κ1) is 15.7. The van der Waals surface area contributed by atoms with Gasteiger partial charge in [0.15, 0.2) is 0 Å². The maximum Gasteiger partial charge on any atom is 0.122 e. The number of ether oxygens (including phenoxy) is 1. The third kappa shape index (κ3) is 3.76. The van der Waals surface area contributed by atoms with Crippen molar-refractivity contribution in [2.75, 3.05) is 39.9 Å². The highest BCUT2D eigenvalue weighted by molar-refractivity contribution is 7.10. The van der Waals surface area contributed by atoms with Gasteiger partial charge in [0.25, 0.3) is 0 Å². The summed E-state index contributed by atoms with van der Waals surface area (Å²) in [5.41, 5.74) is 0. The molecule has 0 amide bonds. The molecule has 22 heavy (non-hydrogen) atoms. The van der Waals surface area contributed by atoms with Crippen molar-refractivity contribution in [1.82, 2.24) is 19.4 Å². The second-order valence-electron chi connectivity index (χ2n) is 5.83. The van der Waals surface area contributed by atoms with Gasteiger partial charge in [0.05, 0.1) is 25.8 Å². The van der Waals surface area contributed by atoms with Crippen LogP contribution in [0.15, 0.2) is 29.9 Å². The molecule has 0 aromatic carbocycles. The molecule has 0 saturated carbocycles. The van der Waals surface area contributed by atoms with Gasteiger partial charge in [-0.1, -0.05) is 6.07 Å². The number of aromatic nitrogens is 2. The third-order valence-corrected chi connectivity index (χ3v) is 5.15. The average molecular weight is 320 g/mol. The van der Waals surface area contributed by atoms with Gasteiger partial charge in [-0.3, -0.25) is 9.80 Å². The van der Waals surface area contributed by atoms with Crippen LogP contribution in [0.25, 0.3) is 0 Å². The van der Waals surface area contributed by atoms with E-state index >= 15 is 0 Å². The maximum absolute atomic E-state index is 5.51. The lowest BCUT2D eigenvalue weighted by molar-refractivity contribution is 0.00946. The van der Waals surface area contributed by atoms with Crippen molar-refractivity contribution in [3.05, 3.63) is 40.6 Å². The molecule has 120 valence electrons. The van der Waals surface area contributed by atoms with Crippen LogP contribution < -0.4 is 0 Å². The molecule has 1 aliphatic heterocycles. The molecule has 2 aromatic rings. The van der Waals surface area contributed by atoms with E-state index in [1.165, 1.54) is 4.88 Å². The van der Waals surface area contributed by atoms with Crippen LogP contribution in [0.4, 0.5) is 0 Å². The van der Waals surface area contributed by atoms with Gasteiger partial charge in [-0.05, 0) is 18.5 Å². The summed E-state index contributed by atoms with van der Waals surface area (Å²) in [5, 5.41) is 2.17. The summed E-state index contributed by atoms with van der Waals surface area (Å²) in [4.78, 5) is 10.8. The van der Waals surface area contributed by atoms with E-state index in [2.05, 4.69) is 51.0 Å². The predicted octanol–water partition coefficient (Wildman–Crippen LogP) is 1.99. The van der Waals surface area contributed by atoms with E-state index in [1.807, 2.05) is 23.7 Å². The van der Waals surface area contributed by atoms with Crippen molar-refractivity contribution >= 4 is 11.3 Å². The second kappa shape index (κ2) is 7.37. The number of hydrogen-bond acceptors (Lipinski definition) is 5. The third-order valence-electron chi connectivity index (χ3n) is 4.17. The van der Waals surface area contributed by atoms with Gasteiger partial charge in [0, 0.05) is 44.0 Å². The second-order valence-corrected chi connectivity index (χ2v) is 6.81. The summed E-state index contributed by atoms with van der Waals surface area (Å²) in [6.07, 6.45) is 3.86. The van der Waals surface area contributed by atoms with Crippen LogP contribution in [-0.2, 0) is 18.3 Å². The van der Waals surface area contributed by atoms with Crippen LogP contribution in [0.3, 0.4) is 0 Å². The number of imidazole rings is 1. The Balaban J connectivity index is 1.68. The summed E-state index contributed by atoms with van der Waals surface area (Å²) < 4.78 is 7.60. The Labute approximate surface area is 136 Å². The summed E-state index contributed by atoms with van der Waals surface area (Å²) in [6, 6.07) is 4.83. The van der Waals surface area contributed by atoms with E-state index in [9.17, 15) is 0 Å². The number of hydrogen-bond donors (Lipinski definition) is 0. The molecule has 1 fully saturated rings. The van der Waals surface area contributed by atoms with Crippen LogP contribution in [0.2, 0.25) is 0 Å². The smallest absolute Gasteiger partial charge is 0.122 e. The minimum atomic E-state index is 0.439. The quantitative estimate of drug-likeness (QED) is 0.815. The van der Waals surface area contributed by atoms with E-state index in [1.54, 1.807) is 0 Å². The maximum atomic E-state index is 5.51. The van der Waals surface area contributed by atoms with Gasteiger partial charge >= 0.3 is 0 Å². The topological polar surface area (TPSA) is 33.5 Å². The fourth-order valence-electron chi connectivity index (χ4n) is 2.91. The number of aryl methyl sites for hydroxylation is 1. The highest BCUT2D eigenvalue weighted by Crippen LogP contribution is 2.27. The Kier molecular flexibility index (Phi) is 5.25. The summed E-state index contributed by atoms with van der Waals surface area (Å²) in [5.74, 6) is 1.11. The Morgan fingerprint density at radius 1 is 1.41 bits per heavy atom. The summed E-state index contributed by atoms with van der Waals surface area (Å²) >= 11 is 1.85. The minimum Gasteiger partial charge on any atom is -0.379 e. The first-order valence-corrected chi connectivity index (χ1v) is 8.62. The molecule has 3 heterocycles. The number of rotatable bonds is 6. The van der Waals surface area contributed by atoms with Crippen molar-refractivity contribution < 1.29 is 4.74 Å². The zero-order valence-electron chi connectivity index (χ0n) is 13.3. The molecule has 0 radical (unpaired) electrons. The minimum absolute atomic E-state index is 0.439. The summed E-state index contributed by atoms with van der Waals surface area (Å²) in [7, 11) is 4.23. The van der Waals surface area contributed by atoms with Gasteiger partial charge in [0.1, 0.15) is 5.82 Å². The van der Waals surface area contributed by atoms with Crippen molar-refractivity contribution in [3.63, 3.8) is 0 Å². The molecule has 0 aliphatic carbocycles. The highest BCUT2D eigenvalue weighted by Gasteiger charge is 2.24. The molecule has 1 atom stereocenters. The highest BCUT2D eigenvalue weighted by atomic mass is 32.1. The van der Waals surface area contributed by atoms with Crippen molar-refractivity contribution in [2.24, 2.45) is 7.05 Å². The van der Waals surface area contributed by atoms with Crippen LogP contribution in [0.1, 0.15) is 16.7 Å². The van der Waals surface area contributed by atoms with Crippen molar-refractivity contribution in [3.8, 4) is 0 Å². The average Bonchev–Trinajstić information content (AvgIpc) is 3.18.